The average molecular weight is 198 g/mol. The van der Waals surface area contributed by atoms with Gasteiger partial charge in [-0.15, -0.1) is 11.8 Å². The molecule has 0 aliphatic carbocycles. The number of hydrogen-bond acceptors (Lipinski definition) is 4. The molecule has 0 saturated carbocycles. The van der Waals surface area contributed by atoms with Crippen LogP contribution in [0.15, 0.2) is 29.4 Å². The zero-order chi connectivity index (χ0) is 9.52. The van der Waals surface area contributed by atoms with Crippen molar-refractivity contribution in [3.63, 3.8) is 0 Å². The van der Waals surface area contributed by atoms with Gasteiger partial charge >= 0.3 is 0 Å². The van der Waals surface area contributed by atoms with Gasteiger partial charge in [-0.1, -0.05) is 6.07 Å². The molecule has 0 amide bonds. The van der Waals surface area contributed by atoms with E-state index in [1.165, 1.54) is 0 Å². The molecule has 3 nitrogen and oxygen atoms in total. The highest BCUT2D eigenvalue weighted by Gasteiger charge is 2.04. The van der Waals surface area contributed by atoms with Crippen molar-refractivity contribution in [2.75, 3.05) is 19.4 Å². The molecule has 1 aromatic heterocycles. The summed E-state index contributed by atoms with van der Waals surface area (Å²) in [5.41, 5.74) is 0. The van der Waals surface area contributed by atoms with Crippen LogP contribution in [0.25, 0.3) is 0 Å². The van der Waals surface area contributed by atoms with Crippen LogP contribution < -0.4 is 5.32 Å². The van der Waals surface area contributed by atoms with Crippen LogP contribution >= 0.6 is 11.8 Å². The van der Waals surface area contributed by atoms with Gasteiger partial charge in [0.25, 0.3) is 0 Å². The normalized spacial score (nSPS) is 12.8. The smallest absolute Gasteiger partial charge is 0.0960 e. The van der Waals surface area contributed by atoms with Gasteiger partial charge in [0.15, 0.2) is 0 Å². The Hall–Kier alpha value is -0.580. The van der Waals surface area contributed by atoms with Crippen LogP contribution in [0.1, 0.15) is 0 Å². The van der Waals surface area contributed by atoms with Gasteiger partial charge in [-0.05, 0) is 19.2 Å². The Bertz CT molecular complexity index is 226. The zero-order valence-corrected chi connectivity index (χ0v) is 8.42. The largest absolute Gasteiger partial charge is 0.395 e. The van der Waals surface area contributed by atoms with E-state index < -0.39 is 0 Å². The summed E-state index contributed by atoms with van der Waals surface area (Å²) in [6.45, 7) is 0.163. The van der Waals surface area contributed by atoms with E-state index in [0.717, 1.165) is 10.8 Å². The summed E-state index contributed by atoms with van der Waals surface area (Å²) in [5, 5.41) is 12.9. The Kier molecular flexibility index (Phi) is 4.82. The monoisotopic (exact) mass is 198 g/mol. The number of aromatic nitrogens is 1. The first-order valence-electron chi connectivity index (χ1n) is 4.18. The molecular weight excluding hydrogens is 184 g/mol. The Balaban J connectivity index is 2.34. The lowest BCUT2D eigenvalue weighted by atomic mass is 10.4. The Labute approximate surface area is 82.6 Å². The Morgan fingerprint density at radius 2 is 2.46 bits per heavy atom. The van der Waals surface area contributed by atoms with Crippen LogP contribution in [0.2, 0.25) is 0 Å². The maximum absolute atomic E-state index is 8.91. The van der Waals surface area contributed by atoms with E-state index in [-0.39, 0.29) is 12.6 Å². The Morgan fingerprint density at radius 1 is 1.62 bits per heavy atom. The fourth-order valence-electron chi connectivity index (χ4n) is 0.846. The molecule has 0 fully saturated rings. The molecule has 0 bridgehead atoms. The van der Waals surface area contributed by atoms with Crippen molar-refractivity contribution in [2.24, 2.45) is 0 Å². The molecule has 0 spiro atoms. The van der Waals surface area contributed by atoms with Crippen molar-refractivity contribution in [1.29, 1.82) is 0 Å². The second-order valence-electron chi connectivity index (χ2n) is 2.65. The zero-order valence-electron chi connectivity index (χ0n) is 7.60. The summed E-state index contributed by atoms with van der Waals surface area (Å²) in [6, 6.07) is 5.97. The van der Waals surface area contributed by atoms with Gasteiger partial charge in [-0.2, -0.15) is 0 Å². The highest BCUT2D eigenvalue weighted by molar-refractivity contribution is 7.99. The molecular formula is C9H14N2OS. The summed E-state index contributed by atoms with van der Waals surface area (Å²) in [5.74, 6) is 0.837. The third-order valence-electron chi connectivity index (χ3n) is 1.70. The number of rotatable bonds is 5. The molecule has 0 radical (unpaired) electrons. The molecule has 1 aromatic rings. The van der Waals surface area contributed by atoms with E-state index in [4.69, 9.17) is 5.11 Å². The molecule has 0 aliphatic rings. The van der Waals surface area contributed by atoms with E-state index >= 15 is 0 Å². The predicted octanol–water partition coefficient (Wildman–Crippen LogP) is 0.754. The summed E-state index contributed by atoms with van der Waals surface area (Å²) >= 11 is 1.64. The van der Waals surface area contributed by atoms with Gasteiger partial charge in [-0.3, -0.25) is 0 Å². The molecule has 72 valence electrons. The number of nitrogens with one attached hydrogen (secondary N) is 1. The minimum absolute atomic E-state index is 0.145. The predicted molar refractivity (Wildman–Crippen MR) is 54.9 cm³/mol. The van der Waals surface area contributed by atoms with Crippen LogP contribution in [-0.4, -0.2) is 35.5 Å². The molecule has 1 atom stereocenters. The van der Waals surface area contributed by atoms with E-state index in [1.54, 1.807) is 18.0 Å². The summed E-state index contributed by atoms with van der Waals surface area (Å²) in [7, 11) is 1.85. The van der Waals surface area contributed by atoms with Crippen molar-refractivity contribution in [2.45, 2.75) is 11.1 Å². The van der Waals surface area contributed by atoms with Crippen molar-refractivity contribution >= 4 is 11.8 Å². The lowest BCUT2D eigenvalue weighted by Gasteiger charge is -2.11. The molecule has 1 heterocycles. The molecule has 4 heteroatoms. The number of thioether (sulfide) groups is 1. The van der Waals surface area contributed by atoms with Gasteiger partial charge in [-0.25, -0.2) is 4.98 Å². The summed E-state index contributed by atoms with van der Waals surface area (Å²) in [4.78, 5) is 4.17. The van der Waals surface area contributed by atoms with Crippen molar-refractivity contribution in [3.05, 3.63) is 24.4 Å². The van der Waals surface area contributed by atoms with Crippen molar-refractivity contribution in [3.8, 4) is 0 Å². The molecule has 1 rings (SSSR count). The molecule has 0 aromatic carbocycles. The van der Waals surface area contributed by atoms with Crippen LogP contribution in [0, 0.1) is 0 Å². The molecule has 1 unspecified atom stereocenters. The van der Waals surface area contributed by atoms with Gasteiger partial charge in [0.05, 0.1) is 11.6 Å². The number of aliphatic hydroxyl groups is 1. The maximum atomic E-state index is 8.91. The van der Waals surface area contributed by atoms with Crippen molar-refractivity contribution < 1.29 is 5.11 Å². The average Bonchev–Trinajstić information content (AvgIpc) is 2.21. The standard InChI is InChI=1S/C9H14N2OS/c1-10-8(6-12)7-13-9-4-2-3-5-11-9/h2-5,8,10,12H,6-7H2,1H3. The Morgan fingerprint density at radius 3 is 3.00 bits per heavy atom. The molecule has 0 saturated heterocycles. The topological polar surface area (TPSA) is 45.1 Å². The van der Waals surface area contributed by atoms with E-state index in [9.17, 15) is 0 Å². The summed E-state index contributed by atoms with van der Waals surface area (Å²) in [6.07, 6.45) is 1.77. The molecule has 0 aliphatic heterocycles. The number of hydrogen-bond donors (Lipinski definition) is 2. The number of aliphatic hydroxyl groups excluding tert-OH is 1. The minimum atomic E-state index is 0.145. The first-order valence-corrected chi connectivity index (χ1v) is 5.17. The van der Waals surface area contributed by atoms with Gasteiger partial charge in [0, 0.05) is 18.0 Å². The number of likely N-dealkylation sites (N-methyl/N-ethyl adjacent to an activating group) is 1. The van der Waals surface area contributed by atoms with Gasteiger partial charge in [0.1, 0.15) is 0 Å². The fraction of sp³-hybridized carbons (Fsp3) is 0.444. The SMILES string of the molecule is CNC(CO)CSc1ccccn1. The highest BCUT2D eigenvalue weighted by Crippen LogP contribution is 2.14. The maximum Gasteiger partial charge on any atom is 0.0960 e. The van der Waals surface area contributed by atoms with E-state index in [2.05, 4.69) is 10.3 Å². The first-order chi connectivity index (χ1) is 6.36. The summed E-state index contributed by atoms with van der Waals surface area (Å²) < 4.78 is 0. The molecule has 2 N–H and O–H groups in total. The first kappa shape index (κ1) is 10.5. The van der Waals surface area contributed by atoms with Gasteiger partial charge < -0.3 is 10.4 Å². The lowest BCUT2D eigenvalue weighted by molar-refractivity contribution is 0.260. The van der Waals surface area contributed by atoms with E-state index in [1.807, 2.05) is 25.2 Å². The van der Waals surface area contributed by atoms with Crippen LogP contribution in [0.3, 0.4) is 0 Å². The van der Waals surface area contributed by atoms with Crippen LogP contribution in [0.5, 0.6) is 0 Å². The van der Waals surface area contributed by atoms with Crippen molar-refractivity contribution in [1.82, 2.24) is 10.3 Å². The highest BCUT2D eigenvalue weighted by atomic mass is 32.2. The quantitative estimate of drug-likeness (QED) is 0.685. The fourth-order valence-corrected chi connectivity index (χ4v) is 1.80. The van der Waals surface area contributed by atoms with Crippen LogP contribution in [0.4, 0.5) is 0 Å². The van der Waals surface area contributed by atoms with E-state index in [0.29, 0.717) is 0 Å². The minimum Gasteiger partial charge on any atom is -0.395 e. The third-order valence-corrected chi connectivity index (χ3v) is 2.81. The van der Waals surface area contributed by atoms with Gasteiger partial charge in [0.2, 0.25) is 0 Å². The lowest BCUT2D eigenvalue weighted by Crippen LogP contribution is -2.31. The number of pyridine rings is 1. The van der Waals surface area contributed by atoms with Crippen LogP contribution in [-0.2, 0) is 0 Å². The number of nitrogens with zero attached hydrogens (tertiary/aromatic N) is 1. The molecule has 13 heavy (non-hydrogen) atoms. The second kappa shape index (κ2) is 5.96. The second-order valence-corrected chi connectivity index (χ2v) is 3.69. The third kappa shape index (κ3) is 3.76.